The van der Waals surface area contributed by atoms with Crippen molar-refractivity contribution in [3.8, 4) is 0 Å². The van der Waals surface area contributed by atoms with Crippen LogP contribution < -0.4 is 5.32 Å². The predicted octanol–water partition coefficient (Wildman–Crippen LogP) is 5.13. The Balaban J connectivity index is 2.99. The summed E-state index contributed by atoms with van der Waals surface area (Å²) in [6.07, 6.45) is 3.56. The minimum Gasteiger partial charge on any atom is -0.310 e. The molecule has 1 unspecified atom stereocenters. The molecule has 0 aliphatic heterocycles. The van der Waals surface area contributed by atoms with Gasteiger partial charge in [-0.3, -0.25) is 0 Å². The van der Waals surface area contributed by atoms with E-state index < -0.39 is 0 Å². The first-order valence-corrected chi connectivity index (χ1v) is 7.50. The second-order valence-corrected chi connectivity index (χ2v) is 5.51. The van der Waals surface area contributed by atoms with Crippen LogP contribution in [0.3, 0.4) is 0 Å². The molecule has 0 aliphatic carbocycles. The number of rotatable bonds is 7. The lowest BCUT2D eigenvalue weighted by Gasteiger charge is -2.27. The van der Waals surface area contributed by atoms with Crippen LogP contribution in [0.15, 0.2) is 18.2 Å². The Labute approximate surface area is 117 Å². The number of hydrogen-bond acceptors (Lipinski definition) is 1. The van der Waals surface area contributed by atoms with Crippen LogP contribution in [0.5, 0.6) is 0 Å². The fourth-order valence-electron chi connectivity index (χ4n) is 2.56. The first kappa shape index (κ1) is 15.5. The summed E-state index contributed by atoms with van der Waals surface area (Å²) < 4.78 is 0. The Hall–Kier alpha value is -0.530. The van der Waals surface area contributed by atoms with E-state index in [1.807, 2.05) is 6.07 Å². The molecule has 1 rings (SSSR count). The van der Waals surface area contributed by atoms with E-state index in [2.05, 4.69) is 45.1 Å². The Bertz CT molecular complexity index is 338. The molecule has 102 valence electrons. The standard InChI is InChI=1S/C16H26ClN/c1-5-8-18-16(13(6-2)7-3)14-9-12(4)10-15(17)11-14/h9-11,13,16,18H,5-8H2,1-4H3. The molecule has 0 aliphatic rings. The molecule has 1 atom stereocenters. The predicted molar refractivity (Wildman–Crippen MR) is 81.3 cm³/mol. The zero-order chi connectivity index (χ0) is 13.5. The maximum absolute atomic E-state index is 6.19. The van der Waals surface area contributed by atoms with Crippen molar-refractivity contribution < 1.29 is 0 Å². The van der Waals surface area contributed by atoms with Crippen LogP contribution in [0, 0.1) is 12.8 Å². The third-order valence-corrected chi connectivity index (χ3v) is 3.78. The average molecular weight is 268 g/mol. The second kappa shape index (κ2) is 7.81. The smallest absolute Gasteiger partial charge is 0.0411 e. The lowest BCUT2D eigenvalue weighted by atomic mass is 9.88. The van der Waals surface area contributed by atoms with E-state index in [0.29, 0.717) is 12.0 Å². The molecular formula is C16H26ClN. The van der Waals surface area contributed by atoms with E-state index in [4.69, 9.17) is 11.6 Å². The van der Waals surface area contributed by atoms with Gasteiger partial charge < -0.3 is 5.32 Å². The van der Waals surface area contributed by atoms with Crippen molar-refractivity contribution in [1.82, 2.24) is 5.32 Å². The summed E-state index contributed by atoms with van der Waals surface area (Å²) >= 11 is 6.19. The van der Waals surface area contributed by atoms with Crippen LogP contribution in [0.1, 0.15) is 57.2 Å². The van der Waals surface area contributed by atoms with Gasteiger partial charge >= 0.3 is 0 Å². The Kier molecular flexibility index (Phi) is 6.73. The topological polar surface area (TPSA) is 12.0 Å². The van der Waals surface area contributed by atoms with Crippen molar-refractivity contribution in [2.75, 3.05) is 6.54 Å². The summed E-state index contributed by atoms with van der Waals surface area (Å²) in [5.41, 5.74) is 2.58. The first-order chi connectivity index (χ1) is 8.62. The molecule has 1 aromatic rings. The molecule has 1 nitrogen and oxygen atoms in total. The first-order valence-electron chi connectivity index (χ1n) is 7.12. The molecule has 1 N–H and O–H groups in total. The van der Waals surface area contributed by atoms with Gasteiger partial charge in [0.2, 0.25) is 0 Å². The number of benzene rings is 1. The third kappa shape index (κ3) is 4.29. The number of nitrogens with one attached hydrogen (secondary N) is 1. The van der Waals surface area contributed by atoms with E-state index in [1.165, 1.54) is 24.0 Å². The average Bonchev–Trinajstić information content (AvgIpc) is 2.33. The Morgan fingerprint density at radius 1 is 1.11 bits per heavy atom. The van der Waals surface area contributed by atoms with Gasteiger partial charge in [0.25, 0.3) is 0 Å². The van der Waals surface area contributed by atoms with Gasteiger partial charge in [0.15, 0.2) is 0 Å². The largest absolute Gasteiger partial charge is 0.310 e. The maximum Gasteiger partial charge on any atom is 0.0411 e. The highest BCUT2D eigenvalue weighted by atomic mass is 35.5. The Morgan fingerprint density at radius 2 is 1.78 bits per heavy atom. The third-order valence-electron chi connectivity index (χ3n) is 3.56. The Morgan fingerprint density at radius 3 is 2.28 bits per heavy atom. The summed E-state index contributed by atoms with van der Waals surface area (Å²) in [6.45, 7) is 9.92. The zero-order valence-electron chi connectivity index (χ0n) is 12.1. The summed E-state index contributed by atoms with van der Waals surface area (Å²) in [5, 5.41) is 4.53. The molecule has 1 aromatic carbocycles. The van der Waals surface area contributed by atoms with Gasteiger partial charge in [0, 0.05) is 11.1 Å². The van der Waals surface area contributed by atoms with Gasteiger partial charge in [-0.2, -0.15) is 0 Å². The van der Waals surface area contributed by atoms with Gasteiger partial charge in [-0.15, -0.1) is 0 Å². The molecule has 0 amide bonds. The fraction of sp³-hybridized carbons (Fsp3) is 0.625. The van der Waals surface area contributed by atoms with Crippen molar-refractivity contribution >= 4 is 11.6 Å². The van der Waals surface area contributed by atoms with Crippen molar-refractivity contribution in [3.63, 3.8) is 0 Å². The maximum atomic E-state index is 6.19. The minimum atomic E-state index is 0.428. The van der Waals surface area contributed by atoms with E-state index in [-0.39, 0.29) is 0 Å². The number of aryl methyl sites for hydroxylation is 1. The molecule has 0 heterocycles. The van der Waals surface area contributed by atoms with E-state index >= 15 is 0 Å². The highest BCUT2D eigenvalue weighted by Gasteiger charge is 2.20. The van der Waals surface area contributed by atoms with Gasteiger partial charge in [0.05, 0.1) is 0 Å². The normalized spacial score (nSPS) is 13.0. The minimum absolute atomic E-state index is 0.428. The molecule has 0 saturated carbocycles. The lowest BCUT2D eigenvalue weighted by molar-refractivity contribution is 0.341. The van der Waals surface area contributed by atoms with Crippen molar-refractivity contribution in [2.45, 2.75) is 53.0 Å². The van der Waals surface area contributed by atoms with Crippen molar-refractivity contribution in [2.24, 2.45) is 5.92 Å². The van der Waals surface area contributed by atoms with Crippen LogP contribution in [0.4, 0.5) is 0 Å². The van der Waals surface area contributed by atoms with E-state index in [9.17, 15) is 0 Å². The van der Waals surface area contributed by atoms with Gasteiger partial charge in [-0.25, -0.2) is 0 Å². The summed E-state index contributed by atoms with van der Waals surface area (Å²) in [4.78, 5) is 0. The van der Waals surface area contributed by atoms with E-state index in [0.717, 1.165) is 18.0 Å². The molecule has 18 heavy (non-hydrogen) atoms. The van der Waals surface area contributed by atoms with Crippen LogP contribution in [0.25, 0.3) is 0 Å². The van der Waals surface area contributed by atoms with Crippen molar-refractivity contribution in [1.29, 1.82) is 0 Å². The van der Waals surface area contributed by atoms with Gasteiger partial charge in [-0.1, -0.05) is 51.3 Å². The van der Waals surface area contributed by atoms with Gasteiger partial charge in [-0.05, 0) is 49.1 Å². The fourth-order valence-corrected chi connectivity index (χ4v) is 2.86. The van der Waals surface area contributed by atoms with Gasteiger partial charge in [0.1, 0.15) is 0 Å². The molecule has 0 radical (unpaired) electrons. The van der Waals surface area contributed by atoms with Crippen LogP contribution in [-0.4, -0.2) is 6.54 Å². The summed E-state index contributed by atoms with van der Waals surface area (Å²) in [6, 6.07) is 6.82. The highest BCUT2D eigenvalue weighted by Crippen LogP contribution is 2.29. The summed E-state index contributed by atoms with van der Waals surface area (Å²) in [7, 11) is 0. The highest BCUT2D eigenvalue weighted by molar-refractivity contribution is 6.30. The van der Waals surface area contributed by atoms with Crippen LogP contribution >= 0.6 is 11.6 Å². The quantitative estimate of drug-likeness (QED) is 0.723. The molecule has 0 spiro atoms. The van der Waals surface area contributed by atoms with E-state index in [1.54, 1.807) is 0 Å². The molecule has 0 bridgehead atoms. The van der Waals surface area contributed by atoms with Crippen molar-refractivity contribution in [3.05, 3.63) is 34.3 Å². The monoisotopic (exact) mass is 267 g/mol. The SMILES string of the molecule is CCCNC(c1cc(C)cc(Cl)c1)C(CC)CC. The second-order valence-electron chi connectivity index (χ2n) is 5.07. The summed E-state index contributed by atoms with van der Waals surface area (Å²) in [5.74, 6) is 0.675. The molecule has 0 aromatic heterocycles. The zero-order valence-corrected chi connectivity index (χ0v) is 12.8. The molecular weight excluding hydrogens is 242 g/mol. The lowest BCUT2D eigenvalue weighted by Crippen LogP contribution is -2.28. The molecule has 0 fully saturated rings. The molecule has 0 saturated heterocycles. The molecule has 2 heteroatoms. The number of hydrogen-bond donors (Lipinski definition) is 1. The van der Waals surface area contributed by atoms with Crippen LogP contribution in [-0.2, 0) is 0 Å². The number of halogens is 1. The van der Waals surface area contributed by atoms with Crippen LogP contribution in [0.2, 0.25) is 5.02 Å².